The third-order valence-electron chi connectivity index (χ3n) is 5.41. The Bertz CT molecular complexity index is 568. The number of nitrogens with zero attached hydrogens (tertiary/aromatic N) is 2. The second-order valence-corrected chi connectivity index (χ2v) is 7.16. The normalized spacial score (nSPS) is 18.3. The summed E-state index contributed by atoms with van der Waals surface area (Å²) in [5.41, 5.74) is 1.05. The van der Waals surface area contributed by atoms with Crippen molar-refractivity contribution in [2.45, 2.75) is 32.1 Å². The molecule has 2 fully saturated rings. The van der Waals surface area contributed by atoms with Gasteiger partial charge in [0.2, 0.25) is 11.8 Å². The van der Waals surface area contributed by atoms with Crippen LogP contribution in [-0.2, 0) is 16.0 Å². The maximum Gasteiger partial charge on any atom is 0.227 e. The van der Waals surface area contributed by atoms with E-state index >= 15 is 0 Å². The lowest BCUT2D eigenvalue weighted by atomic mass is 9.93. The molecule has 0 saturated carbocycles. The van der Waals surface area contributed by atoms with Crippen molar-refractivity contribution >= 4 is 24.2 Å². The van der Waals surface area contributed by atoms with Crippen molar-refractivity contribution in [3.8, 4) is 0 Å². The van der Waals surface area contributed by atoms with Crippen molar-refractivity contribution in [2.24, 2.45) is 5.92 Å². The quantitative estimate of drug-likeness (QED) is 0.852. The zero-order chi connectivity index (χ0) is 17.5. The maximum atomic E-state index is 12.4. The highest BCUT2D eigenvalue weighted by Crippen LogP contribution is 2.19. The summed E-state index contributed by atoms with van der Waals surface area (Å²) in [6.07, 6.45) is 4.49. The van der Waals surface area contributed by atoms with Gasteiger partial charge in [-0.05, 0) is 43.8 Å². The Morgan fingerprint density at radius 2 is 1.50 bits per heavy atom. The van der Waals surface area contributed by atoms with Crippen molar-refractivity contribution in [3.63, 3.8) is 0 Å². The van der Waals surface area contributed by atoms with Crippen LogP contribution >= 0.6 is 12.4 Å². The van der Waals surface area contributed by atoms with Gasteiger partial charge in [-0.3, -0.25) is 9.59 Å². The standard InChI is InChI=1S/C20H29N3O2.ClH/c24-19(7-6-17-8-10-21-11-9-17)22-12-14-23(15-13-22)20(25)16-18-4-2-1-3-5-18;/h1-5,17,21H,6-16H2;1H. The van der Waals surface area contributed by atoms with Crippen LogP contribution in [0.1, 0.15) is 31.2 Å². The molecule has 1 N–H and O–H groups in total. The molecular weight excluding hydrogens is 350 g/mol. The number of piperazine rings is 1. The predicted molar refractivity (Wildman–Crippen MR) is 105 cm³/mol. The molecule has 2 heterocycles. The van der Waals surface area contributed by atoms with Gasteiger partial charge in [-0.25, -0.2) is 0 Å². The van der Waals surface area contributed by atoms with Crippen molar-refractivity contribution in [1.82, 2.24) is 15.1 Å². The predicted octanol–water partition coefficient (Wildman–Crippen LogP) is 2.10. The summed E-state index contributed by atoms with van der Waals surface area (Å²) >= 11 is 0. The van der Waals surface area contributed by atoms with Crippen LogP contribution in [0.3, 0.4) is 0 Å². The summed E-state index contributed by atoms with van der Waals surface area (Å²) in [4.78, 5) is 28.6. The van der Waals surface area contributed by atoms with Gasteiger partial charge in [0.15, 0.2) is 0 Å². The van der Waals surface area contributed by atoms with Crippen LogP contribution in [0.4, 0.5) is 0 Å². The number of nitrogens with one attached hydrogen (secondary N) is 1. The van der Waals surface area contributed by atoms with Gasteiger partial charge in [-0.2, -0.15) is 0 Å². The third kappa shape index (κ3) is 5.99. The largest absolute Gasteiger partial charge is 0.339 e. The van der Waals surface area contributed by atoms with Crippen LogP contribution in [0.25, 0.3) is 0 Å². The SMILES string of the molecule is Cl.O=C(CCC1CCNCC1)N1CCN(C(=O)Cc2ccccc2)CC1. The molecular formula is C20H30ClN3O2. The van der Waals surface area contributed by atoms with Crippen LogP contribution < -0.4 is 5.32 Å². The molecule has 144 valence electrons. The molecule has 2 amide bonds. The number of hydrogen-bond donors (Lipinski definition) is 1. The second-order valence-electron chi connectivity index (χ2n) is 7.16. The number of carbonyl (C=O) groups is 2. The first kappa shape index (κ1) is 20.7. The molecule has 5 nitrogen and oxygen atoms in total. The van der Waals surface area contributed by atoms with E-state index in [1.54, 1.807) is 0 Å². The minimum absolute atomic E-state index is 0. The Kier molecular flexibility index (Phi) is 8.39. The number of hydrogen-bond acceptors (Lipinski definition) is 3. The average Bonchev–Trinajstić information content (AvgIpc) is 2.68. The summed E-state index contributed by atoms with van der Waals surface area (Å²) < 4.78 is 0. The molecule has 2 aliphatic heterocycles. The van der Waals surface area contributed by atoms with Gasteiger partial charge in [0.25, 0.3) is 0 Å². The van der Waals surface area contributed by atoms with E-state index in [1.165, 1.54) is 12.8 Å². The first-order valence-corrected chi connectivity index (χ1v) is 9.52. The first-order valence-electron chi connectivity index (χ1n) is 9.52. The van der Waals surface area contributed by atoms with Gasteiger partial charge in [0, 0.05) is 32.6 Å². The Balaban J connectivity index is 0.00000243. The van der Waals surface area contributed by atoms with Crippen LogP contribution in [0.2, 0.25) is 0 Å². The number of carbonyl (C=O) groups excluding carboxylic acids is 2. The highest BCUT2D eigenvalue weighted by molar-refractivity contribution is 5.85. The van der Waals surface area contributed by atoms with E-state index < -0.39 is 0 Å². The summed E-state index contributed by atoms with van der Waals surface area (Å²) in [5, 5.41) is 3.37. The number of benzene rings is 1. The van der Waals surface area contributed by atoms with Gasteiger partial charge in [0.1, 0.15) is 0 Å². The Hall–Kier alpha value is -1.59. The van der Waals surface area contributed by atoms with E-state index in [4.69, 9.17) is 0 Å². The molecule has 0 spiro atoms. The number of rotatable bonds is 5. The number of halogens is 1. The molecule has 0 unspecified atom stereocenters. The van der Waals surface area contributed by atoms with Crippen LogP contribution in [-0.4, -0.2) is 60.9 Å². The highest BCUT2D eigenvalue weighted by atomic mass is 35.5. The molecule has 2 saturated heterocycles. The van der Waals surface area contributed by atoms with Crippen LogP contribution in [0.15, 0.2) is 30.3 Å². The molecule has 3 rings (SSSR count). The topological polar surface area (TPSA) is 52.7 Å². The molecule has 0 aromatic heterocycles. The monoisotopic (exact) mass is 379 g/mol. The molecule has 1 aromatic rings. The number of piperidine rings is 1. The fourth-order valence-corrected chi connectivity index (χ4v) is 3.74. The Labute approximate surface area is 162 Å². The summed E-state index contributed by atoms with van der Waals surface area (Å²) in [7, 11) is 0. The van der Waals surface area contributed by atoms with Gasteiger partial charge in [0.05, 0.1) is 6.42 Å². The molecule has 26 heavy (non-hydrogen) atoms. The highest BCUT2D eigenvalue weighted by Gasteiger charge is 2.24. The molecule has 1 aromatic carbocycles. The molecule has 0 radical (unpaired) electrons. The zero-order valence-corrected chi connectivity index (χ0v) is 16.2. The van der Waals surface area contributed by atoms with Gasteiger partial charge in [-0.15, -0.1) is 12.4 Å². The minimum Gasteiger partial charge on any atom is -0.339 e. The summed E-state index contributed by atoms with van der Waals surface area (Å²) in [6.45, 7) is 4.83. The average molecular weight is 380 g/mol. The van der Waals surface area contributed by atoms with E-state index in [0.717, 1.165) is 25.1 Å². The zero-order valence-electron chi connectivity index (χ0n) is 15.4. The third-order valence-corrected chi connectivity index (χ3v) is 5.41. The van der Waals surface area contributed by atoms with E-state index in [2.05, 4.69) is 5.32 Å². The molecule has 0 atom stereocenters. The summed E-state index contributed by atoms with van der Waals surface area (Å²) in [6, 6.07) is 9.85. The van der Waals surface area contributed by atoms with E-state index in [-0.39, 0.29) is 24.2 Å². The second kappa shape index (κ2) is 10.5. The van der Waals surface area contributed by atoms with Crippen molar-refractivity contribution in [1.29, 1.82) is 0 Å². The van der Waals surface area contributed by atoms with Crippen LogP contribution in [0, 0.1) is 5.92 Å². The summed E-state index contributed by atoms with van der Waals surface area (Å²) in [5.74, 6) is 1.11. The van der Waals surface area contributed by atoms with Gasteiger partial charge in [-0.1, -0.05) is 30.3 Å². The fourth-order valence-electron chi connectivity index (χ4n) is 3.74. The van der Waals surface area contributed by atoms with E-state index in [0.29, 0.717) is 44.9 Å². The smallest absolute Gasteiger partial charge is 0.227 e. The van der Waals surface area contributed by atoms with Crippen LogP contribution in [0.5, 0.6) is 0 Å². The Morgan fingerprint density at radius 3 is 2.12 bits per heavy atom. The lowest BCUT2D eigenvalue weighted by molar-refractivity contribution is -0.139. The van der Waals surface area contributed by atoms with Crippen molar-refractivity contribution in [2.75, 3.05) is 39.3 Å². The Morgan fingerprint density at radius 1 is 0.923 bits per heavy atom. The van der Waals surface area contributed by atoms with Gasteiger partial charge >= 0.3 is 0 Å². The van der Waals surface area contributed by atoms with Crippen molar-refractivity contribution < 1.29 is 9.59 Å². The minimum atomic E-state index is 0. The molecule has 0 aliphatic carbocycles. The molecule has 0 bridgehead atoms. The molecule has 2 aliphatic rings. The maximum absolute atomic E-state index is 12.4. The van der Waals surface area contributed by atoms with Crippen molar-refractivity contribution in [3.05, 3.63) is 35.9 Å². The lowest BCUT2D eigenvalue weighted by Crippen LogP contribution is -2.51. The molecule has 6 heteroatoms. The van der Waals surface area contributed by atoms with E-state index in [9.17, 15) is 9.59 Å². The van der Waals surface area contributed by atoms with Gasteiger partial charge < -0.3 is 15.1 Å². The lowest BCUT2D eigenvalue weighted by Gasteiger charge is -2.35. The number of amides is 2. The fraction of sp³-hybridized carbons (Fsp3) is 0.600. The first-order chi connectivity index (χ1) is 12.2. The van der Waals surface area contributed by atoms with E-state index in [1.807, 2.05) is 40.1 Å².